The predicted octanol–water partition coefficient (Wildman–Crippen LogP) is 0.680. The Bertz CT molecular complexity index is 400. The molecule has 0 aromatic carbocycles. The van der Waals surface area contributed by atoms with Gasteiger partial charge in [0.25, 0.3) is 0 Å². The number of rotatable bonds is 6. The molecule has 21 heavy (non-hydrogen) atoms. The Kier molecular flexibility index (Phi) is 6.96. The summed E-state index contributed by atoms with van der Waals surface area (Å²) in [6.45, 7) is 7.89. The van der Waals surface area contributed by atoms with E-state index in [0.29, 0.717) is 45.8 Å². The third kappa shape index (κ3) is 5.60. The molecule has 1 rings (SSSR count). The Hall–Kier alpha value is -1.81. The van der Waals surface area contributed by atoms with Crippen LogP contribution >= 0.6 is 0 Å². The van der Waals surface area contributed by atoms with Crippen molar-refractivity contribution in [3.05, 3.63) is 0 Å². The molecule has 0 bridgehead atoms. The summed E-state index contributed by atoms with van der Waals surface area (Å²) in [5.74, 6) is -0.970. The number of nitriles is 1. The molecule has 2 amide bonds. The molecule has 0 spiro atoms. The Morgan fingerprint density at radius 1 is 1.33 bits per heavy atom. The van der Waals surface area contributed by atoms with E-state index in [1.54, 1.807) is 16.7 Å². The summed E-state index contributed by atoms with van der Waals surface area (Å²) in [6.07, 6.45) is 0.134. The molecule has 1 aliphatic rings. The molecule has 1 aliphatic heterocycles. The van der Waals surface area contributed by atoms with Crippen LogP contribution in [0.1, 0.15) is 20.3 Å². The van der Waals surface area contributed by atoms with Crippen LogP contribution in [0.5, 0.6) is 0 Å². The minimum atomic E-state index is -0.795. The van der Waals surface area contributed by atoms with Gasteiger partial charge in [0.05, 0.1) is 18.4 Å². The van der Waals surface area contributed by atoms with Crippen LogP contribution in [0.25, 0.3) is 0 Å². The Balaban J connectivity index is 2.43. The van der Waals surface area contributed by atoms with Gasteiger partial charge in [-0.2, -0.15) is 5.26 Å². The van der Waals surface area contributed by atoms with Crippen LogP contribution in [0.3, 0.4) is 0 Å². The number of carbonyl (C=O) groups excluding carboxylic acids is 1. The summed E-state index contributed by atoms with van der Waals surface area (Å²) in [6, 6.07) is 2.12. The number of carboxylic acid groups (broad SMARTS) is 1. The second-order valence-corrected chi connectivity index (χ2v) is 5.32. The number of piperazine rings is 1. The molecule has 1 saturated heterocycles. The van der Waals surface area contributed by atoms with E-state index >= 15 is 0 Å². The fourth-order valence-corrected chi connectivity index (χ4v) is 2.33. The van der Waals surface area contributed by atoms with E-state index in [2.05, 4.69) is 11.0 Å². The molecule has 1 unspecified atom stereocenters. The Labute approximate surface area is 125 Å². The van der Waals surface area contributed by atoms with Gasteiger partial charge in [-0.25, -0.2) is 4.79 Å². The number of urea groups is 1. The van der Waals surface area contributed by atoms with Crippen molar-refractivity contribution in [1.29, 1.82) is 5.26 Å². The summed E-state index contributed by atoms with van der Waals surface area (Å²) in [5, 5.41) is 17.5. The lowest BCUT2D eigenvalue weighted by Gasteiger charge is -2.37. The first kappa shape index (κ1) is 17.2. The zero-order valence-electron chi connectivity index (χ0n) is 12.8. The SMILES string of the molecule is CCN(CC(C)C#N)C(=O)N1CCN(CCC(=O)O)CC1. The van der Waals surface area contributed by atoms with Gasteiger partial charge in [-0.15, -0.1) is 0 Å². The largest absolute Gasteiger partial charge is 0.481 e. The van der Waals surface area contributed by atoms with Gasteiger partial charge >= 0.3 is 12.0 Å². The topological polar surface area (TPSA) is 87.9 Å². The lowest BCUT2D eigenvalue weighted by atomic mass is 10.2. The summed E-state index contributed by atoms with van der Waals surface area (Å²) < 4.78 is 0. The van der Waals surface area contributed by atoms with Gasteiger partial charge in [0.1, 0.15) is 0 Å². The number of carbonyl (C=O) groups is 2. The molecule has 0 saturated carbocycles. The fourth-order valence-electron chi connectivity index (χ4n) is 2.33. The Morgan fingerprint density at radius 2 is 1.95 bits per heavy atom. The van der Waals surface area contributed by atoms with E-state index in [4.69, 9.17) is 10.4 Å². The van der Waals surface area contributed by atoms with E-state index < -0.39 is 5.97 Å². The van der Waals surface area contributed by atoms with Gasteiger partial charge in [0.2, 0.25) is 0 Å². The standard InChI is InChI=1S/C14H24N4O3/c1-3-17(11-12(2)10-15)14(21)18-8-6-16(7-9-18)5-4-13(19)20/h12H,3-9,11H2,1-2H3,(H,19,20). The number of amides is 2. The molecular weight excluding hydrogens is 272 g/mol. The highest BCUT2D eigenvalue weighted by Crippen LogP contribution is 2.08. The highest BCUT2D eigenvalue weighted by Gasteiger charge is 2.25. The molecule has 0 radical (unpaired) electrons. The molecule has 1 atom stereocenters. The van der Waals surface area contributed by atoms with Crippen LogP contribution in [-0.4, -0.2) is 77.6 Å². The van der Waals surface area contributed by atoms with Crippen molar-refractivity contribution in [2.75, 3.05) is 45.8 Å². The maximum atomic E-state index is 12.4. The van der Waals surface area contributed by atoms with Gasteiger partial charge in [-0.1, -0.05) is 0 Å². The lowest BCUT2D eigenvalue weighted by molar-refractivity contribution is -0.137. The molecule has 1 heterocycles. The van der Waals surface area contributed by atoms with Crippen LogP contribution < -0.4 is 0 Å². The van der Waals surface area contributed by atoms with E-state index in [0.717, 1.165) is 0 Å². The normalized spacial score (nSPS) is 17.1. The second-order valence-electron chi connectivity index (χ2n) is 5.32. The summed E-state index contributed by atoms with van der Waals surface area (Å²) >= 11 is 0. The van der Waals surface area contributed by atoms with Gasteiger partial charge in [0.15, 0.2) is 0 Å². The second kappa shape index (κ2) is 8.47. The first-order chi connectivity index (χ1) is 9.97. The molecule has 7 heteroatoms. The van der Waals surface area contributed by atoms with E-state index in [9.17, 15) is 9.59 Å². The van der Waals surface area contributed by atoms with E-state index in [1.165, 1.54) is 0 Å². The third-order valence-electron chi connectivity index (χ3n) is 3.65. The van der Waals surface area contributed by atoms with Crippen molar-refractivity contribution in [3.8, 4) is 6.07 Å². The van der Waals surface area contributed by atoms with Gasteiger partial charge in [0, 0.05) is 45.8 Å². The molecule has 0 aliphatic carbocycles. The number of nitrogens with zero attached hydrogens (tertiary/aromatic N) is 4. The minimum absolute atomic E-state index is 0.0301. The molecule has 118 valence electrons. The molecular formula is C14H24N4O3. The van der Waals surface area contributed by atoms with E-state index in [-0.39, 0.29) is 18.4 Å². The number of carboxylic acids is 1. The number of aliphatic carboxylic acids is 1. The van der Waals surface area contributed by atoms with Crippen molar-refractivity contribution >= 4 is 12.0 Å². The van der Waals surface area contributed by atoms with Gasteiger partial charge < -0.3 is 14.9 Å². The average Bonchev–Trinajstić information content (AvgIpc) is 2.50. The van der Waals surface area contributed by atoms with Crippen LogP contribution in [0.15, 0.2) is 0 Å². The maximum Gasteiger partial charge on any atom is 0.320 e. The zero-order valence-corrected chi connectivity index (χ0v) is 12.8. The first-order valence-electron chi connectivity index (χ1n) is 7.35. The third-order valence-corrected chi connectivity index (χ3v) is 3.65. The minimum Gasteiger partial charge on any atom is -0.481 e. The smallest absolute Gasteiger partial charge is 0.320 e. The van der Waals surface area contributed by atoms with Crippen LogP contribution in [0.4, 0.5) is 4.79 Å². The average molecular weight is 296 g/mol. The monoisotopic (exact) mass is 296 g/mol. The van der Waals surface area contributed by atoms with Crippen molar-refractivity contribution in [2.45, 2.75) is 20.3 Å². The maximum absolute atomic E-state index is 12.4. The first-order valence-corrected chi connectivity index (χ1v) is 7.35. The molecule has 1 N–H and O–H groups in total. The molecule has 7 nitrogen and oxygen atoms in total. The fraction of sp³-hybridized carbons (Fsp3) is 0.786. The van der Waals surface area contributed by atoms with Crippen LogP contribution in [-0.2, 0) is 4.79 Å². The van der Waals surface area contributed by atoms with Gasteiger partial charge in [-0.3, -0.25) is 9.69 Å². The molecule has 1 fully saturated rings. The summed E-state index contributed by atoms with van der Waals surface area (Å²) in [5.41, 5.74) is 0. The van der Waals surface area contributed by atoms with Crippen LogP contribution in [0, 0.1) is 17.2 Å². The highest BCUT2D eigenvalue weighted by molar-refractivity contribution is 5.74. The zero-order chi connectivity index (χ0) is 15.8. The Morgan fingerprint density at radius 3 is 2.43 bits per heavy atom. The quantitative estimate of drug-likeness (QED) is 0.778. The number of hydrogen-bond donors (Lipinski definition) is 1. The summed E-state index contributed by atoms with van der Waals surface area (Å²) in [4.78, 5) is 28.5. The molecule has 0 aromatic rings. The van der Waals surface area contributed by atoms with Crippen molar-refractivity contribution in [3.63, 3.8) is 0 Å². The van der Waals surface area contributed by atoms with Crippen molar-refractivity contribution < 1.29 is 14.7 Å². The summed E-state index contributed by atoms with van der Waals surface area (Å²) in [7, 11) is 0. The van der Waals surface area contributed by atoms with Crippen molar-refractivity contribution in [1.82, 2.24) is 14.7 Å². The van der Waals surface area contributed by atoms with Crippen LogP contribution in [0.2, 0.25) is 0 Å². The van der Waals surface area contributed by atoms with E-state index in [1.807, 2.05) is 6.92 Å². The highest BCUT2D eigenvalue weighted by atomic mass is 16.4. The van der Waals surface area contributed by atoms with Crippen molar-refractivity contribution in [2.24, 2.45) is 5.92 Å². The predicted molar refractivity (Wildman–Crippen MR) is 77.7 cm³/mol. The molecule has 0 aromatic heterocycles. The lowest BCUT2D eigenvalue weighted by Crippen LogP contribution is -2.53. The number of hydrogen-bond acceptors (Lipinski definition) is 4. The van der Waals surface area contributed by atoms with Gasteiger partial charge in [-0.05, 0) is 13.8 Å².